The number of hydrogen-bond donors (Lipinski definition) is 1. The topological polar surface area (TPSA) is 38.7 Å². The molecule has 0 bridgehead atoms. The average molecular weight is 214 g/mol. The Hall–Kier alpha value is -0.640. The minimum absolute atomic E-state index is 0.152. The summed E-state index contributed by atoms with van der Waals surface area (Å²) in [4.78, 5) is 0. The van der Waals surface area contributed by atoms with E-state index < -0.39 is 0 Å². The van der Waals surface area contributed by atoms with Crippen molar-refractivity contribution in [1.82, 2.24) is 0 Å². The molecule has 0 fully saturated rings. The van der Waals surface area contributed by atoms with Crippen molar-refractivity contribution in [1.29, 1.82) is 0 Å². The minimum Gasteiger partial charge on any atom is -0.396 e. The maximum absolute atomic E-state index is 9.07. The normalized spacial score (nSPS) is 12.7. The minimum atomic E-state index is 0.152. The highest BCUT2D eigenvalue weighted by molar-refractivity contribution is 4.70. The van der Waals surface area contributed by atoms with Crippen molar-refractivity contribution in [2.45, 2.75) is 6.92 Å². The first kappa shape index (κ1) is 14.4. The van der Waals surface area contributed by atoms with E-state index in [1.807, 2.05) is 6.92 Å². The molecule has 15 heavy (non-hydrogen) atoms. The van der Waals surface area contributed by atoms with Crippen LogP contribution in [0.4, 0.5) is 0 Å². The first-order valence-corrected chi connectivity index (χ1v) is 5.24. The van der Waals surface area contributed by atoms with Gasteiger partial charge >= 0.3 is 0 Å². The van der Waals surface area contributed by atoms with Gasteiger partial charge in [0.2, 0.25) is 0 Å². The third-order valence-electron chi connectivity index (χ3n) is 2.23. The van der Waals surface area contributed by atoms with E-state index in [0.29, 0.717) is 26.4 Å². The lowest BCUT2D eigenvalue weighted by molar-refractivity contribution is 0.0216. The molecule has 1 N–H and O–H groups in total. The van der Waals surface area contributed by atoms with Crippen LogP contribution in [0.3, 0.4) is 0 Å². The van der Waals surface area contributed by atoms with Crippen molar-refractivity contribution >= 4 is 0 Å². The second kappa shape index (κ2) is 9.90. The number of aliphatic hydroxyl groups is 1. The summed E-state index contributed by atoms with van der Waals surface area (Å²) in [5.41, 5.74) is 0. The zero-order valence-electron chi connectivity index (χ0n) is 9.52. The van der Waals surface area contributed by atoms with E-state index in [9.17, 15) is 0 Å². The SMILES string of the molecule is C=CCOCC(COCC=C)C(C)CO. The Labute approximate surface area is 92.4 Å². The van der Waals surface area contributed by atoms with Gasteiger partial charge in [0.05, 0.1) is 26.4 Å². The summed E-state index contributed by atoms with van der Waals surface area (Å²) in [7, 11) is 0. The smallest absolute Gasteiger partial charge is 0.0644 e. The van der Waals surface area contributed by atoms with Crippen molar-refractivity contribution in [2.24, 2.45) is 11.8 Å². The molecule has 0 aliphatic heterocycles. The van der Waals surface area contributed by atoms with Gasteiger partial charge in [0, 0.05) is 12.5 Å². The Morgan fingerprint density at radius 3 is 1.93 bits per heavy atom. The van der Waals surface area contributed by atoms with Crippen LogP contribution in [0.15, 0.2) is 25.3 Å². The highest BCUT2D eigenvalue weighted by atomic mass is 16.5. The second-order valence-corrected chi connectivity index (χ2v) is 3.57. The van der Waals surface area contributed by atoms with Crippen LogP contribution in [-0.4, -0.2) is 38.1 Å². The maximum Gasteiger partial charge on any atom is 0.0644 e. The van der Waals surface area contributed by atoms with Gasteiger partial charge in [-0.2, -0.15) is 0 Å². The summed E-state index contributed by atoms with van der Waals surface area (Å²) in [5, 5.41) is 9.07. The zero-order chi connectivity index (χ0) is 11.5. The average Bonchev–Trinajstić information content (AvgIpc) is 2.26. The predicted molar refractivity (Wildman–Crippen MR) is 61.8 cm³/mol. The number of aliphatic hydroxyl groups excluding tert-OH is 1. The second-order valence-electron chi connectivity index (χ2n) is 3.57. The lowest BCUT2D eigenvalue weighted by Gasteiger charge is -2.21. The van der Waals surface area contributed by atoms with Gasteiger partial charge < -0.3 is 14.6 Å². The molecule has 0 spiro atoms. The Morgan fingerprint density at radius 1 is 1.13 bits per heavy atom. The molecular weight excluding hydrogens is 192 g/mol. The summed E-state index contributed by atoms with van der Waals surface area (Å²) in [5.74, 6) is 0.398. The molecule has 0 amide bonds. The fraction of sp³-hybridized carbons (Fsp3) is 0.667. The van der Waals surface area contributed by atoms with Crippen molar-refractivity contribution in [2.75, 3.05) is 33.0 Å². The number of rotatable bonds is 10. The lowest BCUT2D eigenvalue weighted by Crippen LogP contribution is -2.25. The van der Waals surface area contributed by atoms with Crippen LogP contribution >= 0.6 is 0 Å². The summed E-state index contributed by atoms with van der Waals surface area (Å²) in [6.45, 7) is 11.5. The van der Waals surface area contributed by atoms with E-state index in [4.69, 9.17) is 14.6 Å². The summed E-state index contributed by atoms with van der Waals surface area (Å²) < 4.78 is 10.7. The lowest BCUT2D eigenvalue weighted by atomic mass is 9.96. The molecule has 0 aliphatic rings. The van der Waals surface area contributed by atoms with Gasteiger partial charge in [-0.25, -0.2) is 0 Å². The van der Waals surface area contributed by atoms with Gasteiger partial charge in [0.25, 0.3) is 0 Å². The standard InChI is InChI=1S/C12H22O3/c1-4-6-14-9-12(11(3)8-13)10-15-7-5-2/h4-5,11-13H,1-2,6-10H2,3H3. The van der Waals surface area contributed by atoms with Gasteiger partial charge in [-0.1, -0.05) is 19.1 Å². The molecule has 0 rings (SSSR count). The molecule has 0 saturated carbocycles. The molecule has 0 aromatic carbocycles. The first-order valence-electron chi connectivity index (χ1n) is 5.24. The van der Waals surface area contributed by atoms with E-state index in [1.165, 1.54) is 0 Å². The zero-order valence-corrected chi connectivity index (χ0v) is 9.52. The molecule has 0 aromatic rings. The van der Waals surface area contributed by atoms with Gasteiger partial charge in [0.1, 0.15) is 0 Å². The summed E-state index contributed by atoms with van der Waals surface area (Å²) in [6.07, 6.45) is 3.43. The van der Waals surface area contributed by atoms with E-state index >= 15 is 0 Å². The Kier molecular flexibility index (Phi) is 9.48. The van der Waals surface area contributed by atoms with Gasteiger partial charge in [-0.15, -0.1) is 13.2 Å². The quantitative estimate of drug-likeness (QED) is 0.444. The van der Waals surface area contributed by atoms with Crippen LogP contribution in [-0.2, 0) is 9.47 Å². The number of ether oxygens (including phenoxy) is 2. The molecule has 0 radical (unpaired) electrons. The van der Waals surface area contributed by atoms with Crippen LogP contribution in [0.1, 0.15) is 6.92 Å². The van der Waals surface area contributed by atoms with E-state index in [2.05, 4.69) is 13.2 Å². The molecule has 0 saturated heterocycles. The molecule has 1 atom stereocenters. The fourth-order valence-electron chi connectivity index (χ4n) is 1.13. The third kappa shape index (κ3) is 7.31. The number of hydrogen-bond acceptors (Lipinski definition) is 3. The Balaban J connectivity index is 3.82. The molecular formula is C12H22O3. The van der Waals surface area contributed by atoms with Crippen LogP contribution in [0.2, 0.25) is 0 Å². The van der Waals surface area contributed by atoms with Gasteiger partial charge in [-0.3, -0.25) is 0 Å². The van der Waals surface area contributed by atoms with Crippen LogP contribution in [0.25, 0.3) is 0 Å². The van der Waals surface area contributed by atoms with Crippen molar-refractivity contribution in [3.05, 3.63) is 25.3 Å². The van der Waals surface area contributed by atoms with Crippen LogP contribution < -0.4 is 0 Å². The van der Waals surface area contributed by atoms with E-state index in [1.54, 1.807) is 12.2 Å². The van der Waals surface area contributed by atoms with E-state index in [-0.39, 0.29) is 18.4 Å². The Morgan fingerprint density at radius 2 is 1.60 bits per heavy atom. The highest BCUT2D eigenvalue weighted by Crippen LogP contribution is 2.12. The maximum atomic E-state index is 9.07. The fourth-order valence-corrected chi connectivity index (χ4v) is 1.13. The monoisotopic (exact) mass is 214 g/mol. The molecule has 3 nitrogen and oxygen atoms in total. The highest BCUT2D eigenvalue weighted by Gasteiger charge is 2.16. The molecule has 3 heteroatoms. The van der Waals surface area contributed by atoms with Gasteiger partial charge in [0.15, 0.2) is 0 Å². The first-order chi connectivity index (χ1) is 7.26. The van der Waals surface area contributed by atoms with Crippen molar-refractivity contribution < 1.29 is 14.6 Å². The predicted octanol–water partition coefficient (Wildman–Crippen LogP) is 1.64. The molecule has 0 heterocycles. The van der Waals surface area contributed by atoms with Crippen molar-refractivity contribution in [3.8, 4) is 0 Å². The molecule has 1 unspecified atom stereocenters. The summed E-state index contributed by atoms with van der Waals surface area (Å²) in [6, 6.07) is 0. The molecule has 88 valence electrons. The van der Waals surface area contributed by atoms with Crippen LogP contribution in [0.5, 0.6) is 0 Å². The van der Waals surface area contributed by atoms with Gasteiger partial charge in [-0.05, 0) is 5.92 Å². The largest absolute Gasteiger partial charge is 0.396 e. The third-order valence-corrected chi connectivity index (χ3v) is 2.23. The van der Waals surface area contributed by atoms with E-state index in [0.717, 1.165) is 0 Å². The Bertz CT molecular complexity index is 154. The summed E-state index contributed by atoms with van der Waals surface area (Å²) >= 11 is 0. The molecule has 0 aromatic heterocycles. The molecule has 0 aliphatic carbocycles. The van der Waals surface area contributed by atoms with Crippen LogP contribution in [0, 0.1) is 11.8 Å². The van der Waals surface area contributed by atoms with Crippen molar-refractivity contribution in [3.63, 3.8) is 0 Å².